The van der Waals surface area contributed by atoms with Gasteiger partial charge in [0.2, 0.25) is 0 Å². The number of nitrogens with zero attached hydrogens (tertiary/aromatic N) is 3. The van der Waals surface area contributed by atoms with Gasteiger partial charge in [-0.25, -0.2) is 9.97 Å². The highest BCUT2D eigenvalue weighted by Crippen LogP contribution is 2.20. The van der Waals surface area contributed by atoms with Crippen LogP contribution in [0.1, 0.15) is 46.1 Å². The Morgan fingerprint density at radius 2 is 1.76 bits per heavy atom. The van der Waals surface area contributed by atoms with Crippen LogP contribution >= 0.6 is 0 Å². The first-order valence-corrected chi connectivity index (χ1v) is 8.11. The maximum absolute atomic E-state index is 4.38. The van der Waals surface area contributed by atoms with E-state index in [1.165, 1.54) is 12.0 Å². The SMILES string of the molecule is CCNc1ncnc(NCCCCN(C)C(C)C)c1CC. The average molecular weight is 293 g/mol. The molecule has 1 heterocycles. The zero-order valence-electron chi connectivity index (χ0n) is 14.2. The molecule has 0 saturated heterocycles. The van der Waals surface area contributed by atoms with Crippen molar-refractivity contribution in [3.05, 3.63) is 11.9 Å². The van der Waals surface area contributed by atoms with E-state index >= 15 is 0 Å². The van der Waals surface area contributed by atoms with Crippen molar-refractivity contribution in [1.29, 1.82) is 0 Å². The Morgan fingerprint density at radius 1 is 1.10 bits per heavy atom. The third-order valence-corrected chi connectivity index (χ3v) is 3.75. The second-order valence-electron chi connectivity index (χ2n) is 5.64. The Labute approximate surface area is 129 Å². The predicted octanol–water partition coefficient (Wildman–Crippen LogP) is 3.00. The summed E-state index contributed by atoms with van der Waals surface area (Å²) in [4.78, 5) is 11.1. The van der Waals surface area contributed by atoms with Crippen LogP contribution in [0.25, 0.3) is 0 Å². The molecule has 0 atom stereocenters. The van der Waals surface area contributed by atoms with Gasteiger partial charge in [-0.05, 0) is 53.6 Å². The van der Waals surface area contributed by atoms with Gasteiger partial charge in [0, 0.05) is 24.7 Å². The van der Waals surface area contributed by atoms with E-state index in [2.05, 4.69) is 60.2 Å². The number of rotatable bonds is 10. The molecule has 1 rings (SSSR count). The maximum atomic E-state index is 4.38. The van der Waals surface area contributed by atoms with E-state index in [0.29, 0.717) is 6.04 Å². The van der Waals surface area contributed by atoms with Crippen LogP contribution in [0, 0.1) is 0 Å². The van der Waals surface area contributed by atoms with Crippen LogP contribution in [0.5, 0.6) is 0 Å². The summed E-state index contributed by atoms with van der Waals surface area (Å²) in [5, 5.41) is 6.75. The Kier molecular flexibility index (Phi) is 8.05. The average Bonchev–Trinajstić information content (AvgIpc) is 2.47. The minimum Gasteiger partial charge on any atom is -0.370 e. The van der Waals surface area contributed by atoms with Gasteiger partial charge in [-0.3, -0.25) is 0 Å². The van der Waals surface area contributed by atoms with Crippen molar-refractivity contribution < 1.29 is 0 Å². The summed E-state index contributed by atoms with van der Waals surface area (Å²) in [5.41, 5.74) is 1.18. The quantitative estimate of drug-likeness (QED) is 0.650. The molecular weight excluding hydrogens is 262 g/mol. The van der Waals surface area contributed by atoms with Crippen molar-refractivity contribution in [2.75, 3.05) is 37.3 Å². The van der Waals surface area contributed by atoms with Crippen LogP contribution in [0.4, 0.5) is 11.6 Å². The van der Waals surface area contributed by atoms with Gasteiger partial charge < -0.3 is 15.5 Å². The fraction of sp³-hybridized carbons (Fsp3) is 0.750. The highest BCUT2D eigenvalue weighted by atomic mass is 15.1. The van der Waals surface area contributed by atoms with Crippen molar-refractivity contribution in [3.63, 3.8) is 0 Å². The standard InChI is InChI=1S/C16H31N5/c1-6-14-15(17-7-2)19-12-20-16(14)18-10-8-9-11-21(5)13(3)4/h12-13H,6-11H2,1-5H3,(H2,17,18,19,20). The first kappa shape index (κ1) is 17.7. The first-order chi connectivity index (χ1) is 10.1. The summed E-state index contributed by atoms with van der Waals surface area (Å²) in [6.07, 6.45) is 4.92. The molecule has 1 aromatic heterocycles. The zero-order valence-corrected chi connectivity index (χ0v) is 14.2. The molecule has 2 N–H and O–H groups in total. The molecule has 5 nitrogen and oxygen atoms in total. The van der Waals surface area contributed by atoms with E-state index in [-0.39, 0.29) is 0 Å². The third-order valence-electron chi connectivity index (χ3n) is 3.75. The lowest BCUT2D eigenvalue weighted by atomic mass is 10.2. The van der Waals surface area contributed by atoms with Gasteiger partial charge in [-0.1, -0.05) is 6.92 Å². The Balaban J connectivity index is 2.43. The molecule has 0 unspecified atom stereocenters. The number of hydrogen-bond acceptors (Lipinski definition) is 5. The topological polar surface area (TPSA) is 53.1 Å². The van der Waals surface area contributed by atoms with Crippen LogP contribution in [-0.2, 0) is 6.42 Å². The number of hydrogen-bond donors (Lipinski definition) is 2. The summed E-state index contributed by atoms with van der Waals surface area (Å²) < 4.78 is 0. The van der Waals surface area contributed by atoms with Crippen LogP contribution in [0.15, 0.2) is 6.33 Å². The molecule has 21 heavy (non-hydrogen) atoms. The van der Waals surface area contributed by atoms with Gasteiger partial charge in [0.25, 0.3) is 0 Å². The van der Waals surface area contributed by atoms with Crippen molar-refractivity contribution in [2.45, 2.75) is 53.0 Å². The molecule has 0 aliphatic carbocycles. The van der Waals surface area contributed by atoms with Crippen molar-refractivity contribution >= 4 is 11.6 Å². The Bertz CT molecular complexity index is 406. The van der Waals surface area contributed by atoms with E-state index < -0.39 is 0 Å². The van der Waals surface area contributed by atoms with E-state index in [1.807, 2.05) is 0 Å². The zero-order chi connectivity index (χ0) is 15.7. The van der Waals surface area contributed by atoms with Gasteiger partial charge in [0.05, 0.1) is 0 Å². The summed E-state index contributed by atoms with van der Waals surface area (Å²) in [5.74, 6) is 1.93. The number of aromatic nitrogens is 2. The molecule has 0 bridgehead atoms. The third kappa shape index (κ3) is 5.87. The lowest BCUT2D eigenvalue weighted by Crippen LogP contribution is -2.27. The number of nitrogens with one attached hydrogen (secondary N) is 2. The van der Waals surface area contributed by atoms with Crippen LogP contribution < -0.4 is 10.6 Å². The smallest absolute Gasteiger partial charge is 0.134 e. The highest BCUT2D eigenvalue weighted by Gasteiger charge is 2.08. The lowest BCUT2D eigenvalue weighted by molar-refractivity contribution is 0.269. The monoisotopic (exact) mass is 293 g/mol. The Morgan fingerprint density at radius 3 is 2.33 bits per heavy atom. The number of anilines is 2. The molecule has 5 heteroatoms. The molecule has 0 aromatic carbocycles. The van der Waals surface area contributed by atoms with Gasteiger partial charge in [0.15, 0.2) is 0 Å². The van der Waals surface area contributed by atoms with Crippen LogP contribution in [-0.4, -0.2) is 47.6 Å². The van der Waals surface area contributed by atoms with Crippen molar-refractivity contribution in [2.24, 2.45) is 0 Å². The summed E-state index contributed by atoms with van der Waals surface area (Å²) in [6.45, 7) is 11.7. The second-order valence-corrected chi connectivity index (χ2v) is 5.64. The fourth-order valence-electron chi connectivity index (χ4n) is 2.17. The van der Waals surface area contributed by atoms with Gasteiger partial charge >= 0.3 is 0 Å². The van der Waals surface area contributed by atoms with Crippen LogP contribution in [0.3, 0.4) is 0 Å². The maximum Gasteiger partial charge on any atom is 0.134 e. The largest absolute Gasteiger partial charge is 0.370 e. The van der Waals surface area contributed by atoms with Crippen molar-refractivity contribution in [1.82, 2.24) is 14.9 Å². The van der Waals surface area contributed by atoms with Gasteiger partial charge in [0.1, 0.15) is 18.0 Å². The van der Waals surface area contributed by atoms with Gasteiger partial charge in [-0.15, -0.1) is 0 Å². The Hall–Kier alpha value is -1.36. The minimum atomic E-state index is 0.620. The molecule has 0 fully saturated rings. The molecule has 0 amide bonds. The molecular formula is C16H31N5. The van der Waals surface area contributed by atoms with Gasteiger partial charge in [-0.2, -0.15) is 0 Å². The van der Waals surface area contributed by atoms with E-state index in [4.69, 9.17) is 0 Å². The molecule has 0 aliphatic heterocycles. The molecule has 0 saturated carbocycles. The second kappa shape index (κ2) is 9.55. The van der Waals surface area contributed by atoms with E-state index in [9.17, 15) is 0 Å². The fourth-order valence-corrected chi connectivity index (χ4v) is 2.17. The predicted molar refractivity (Wildman–Crippen MR) is 91.1 cm³/mol. The molecule has 120 valence electrons. The molecule has 0 aliphatic rings. The first-order valence-electron chi connectivity index (χ1n) is 8.11. The lowest BCUT2D eigenvalue weighted by Gasteiger charge is -2.20. The van der Waals surface area contributed by atoms with E-state index in [0.717, 1.165) is 44.1 Å². The molecule has 1 aromatic rings. The normalized spacial score (nSPS) is 11.2. The highest BCUT2D eigenvalue weighted by molar-refractivity contribution is 5.57. The van der Waals surface area contributed by atoms with Crippen LogP contribution in [0.2, 0.25) is 0 Å². The summed E-state index contributed by atoms with van der Waals surface area (Å²) in [6, 6.07) is 0.620. The summed E-state index contributed by atoms with van der Waals surface area (Å²) in [7, 11) is 2.18. The minimum absolute atomic E-state index is 0.620. The summed E-state index contributed by atoms with van der Waals surface area (Å²) >= 11 is 0. The van der Waals surface area contributed by atoms with Crippen molar-refractivity contribution in [3.8, 4) is 0 Å². The van der Waals surface area contributed by atoms with E-state index in [1.54, 1.807) is 6.33 Å². The number of unbranched alkanes of at least 4 members (excludes halogenated alkanes) is 1. The molecule has 0 spiro atoms. The molecule has 0 radical (unpaired) electrons.